The van der Waals surface area contributed by atoms with E-state index in [2.05, 4.69) is 33.4 Å². The summed E-state index contributed by atoms with van der Waals surface area (Å²) < 4.78 is 17.3. The Morgan fingerprint density at radius 1 is 1.14 bits per heavy atom. The van der Waals surface area contributed by atoms with Crippen molar-refractivity contribution in [3.63, 3.8) is 0 Å². The van der Waals surface area contributed by atoms with Gasteiger partial charge < -0.3 is 19.5 Å². The zero-order chi connectivity index (χ0) is 20.7. The summed E-state index contributed by atoms with van der Waals surface area (Å²) in [5.41, 5.74) is 2.48. The van der Waals surface area contributed by atoms with Crippen LogP contribution in [0.25, 0.3) is 0 Å². The SMILES string of the molecule is COc1ccc([N+](=O)[O-])c2c1N[C@@H](c1cc(Br)c(OC)c(OC)c1)[C@H]1CC=C[C@@H]21. The first-order valence-electron chi connectivity index (χ1n) is 9.20. The van der Waals surface area contributed by atoms with Crippen molar-refractivity contribution in [3.05, 3.63) is 62.1 Å². The molecule has 0 radical (unpaired) electrons. The Kier molecular flexibility index (Phi) is 5.12. The lowest BCUT2D eigenvalue weighted by atomic mass is 9.76. The van der Waals surface area contributed by atoms with Crippen molar-refractivity contribution in [1.82, 2.24) is 0 Å². The van der Waals surface area contributed by atoms with E-state index in [4.69, 9.17) is 14.2 Å². The van der Waals surface area contributed by atoms with Gasteiger partial charge in [-0.2, -0.15) is 0 Å². The van der Waals surface area contributed by atoms with E-state index < -0.39 is 0 Å². The molecule has 0 saturated heterocycles. The summed E-state index contributed by atoms with van der Waals surface area (Å²) >= 11 is 3.57. The van der Waals surface area contributed by atoms with E-state index in [-0.39, 0.29) is 28.5 Å². The molecule has 0 spiro atoms. The number of fused-ring (bicyclic) bond motifs is 3. The molecule has 0 bridgehead atoms. The van der Waals surface area contributed by atoms with Gasteiger partial charge in [0.15, 0.2) is 11.5 Å². The lowest BCUT2D eigenvalue weighted by molar-refractivity contribution is -0.385. The van der Waals surface area contributed by atoms with Gasteiger partial charge in [-0.25, -0.2) is 0 Å². The summed E-state index contributed by atoms with van der Waals surface area (Å²) in [7, 11) is 4.77. The number of halogens is 1. The van der Waals surface area contributed by atoms with Crippen molar-refractivity contribution in [3.8, 4) is 17.2 Å². The van der Waals surface area contributed by atoms with Gasteiger partial charge in [0.1, 0.15) is 5.75 Å². The summed E-state index contributed by atoms with van der Waals surface area (Å²) in [4.78, 5) is 11.4. The molecule has 3 atom stereocenters. The molecule has 2 aliphatic rings. The van der Waals surface area contributed by atoms with E-state index in [1.54, 1.807) is 27.4 Å². The van der Waals surface area contributed by atoms with Crippen LogP contribution in [0, 0.1) is 16.0 Å². The third-order valence-electron chi connectivity index (χ3n) is 5.69. The summed E-state index contributed by atoms with van der Waals surface area (Å²) in [5, 5.41) is 15.2. The van der Waals surface area contributed by atoms with E-state index >= 15 is 0 Å². The van der Waals surface area contributed by atoms with Crippen LogP contribution in [0.5, 0.6) is 17.2 Å². The van der Waals surface area contributed by atoms with Gasteiger partial charge in [0.2, 0.25) is 0 Å². The Labute approximate surface area is 176 Å². The zero-order valence-electron chi connectivity index (χ0n) is 16.3. The number of nitrogens with one attached hydrogen (secondary N) is 1. The first-order chi connectivity index (χ1) is 14.0. The van der Waals surface area contributed by atoms with Crippen molar-refractivity contribution in [1.29, 1.82) is 0 Å². The Balaban J connectivity index is 1.88. The molecule has 1 N–H and O–H groups in total. The van der Waals surface area contributed by atoms with Gasteiger partial charge in [-0.1, -0.05) is 12.2 Å². The van der Waals surface area contributed by atoms with Crippen molar-refractivity contribution in [2.45, 2.75) is 18.4 Å². The minimum Gasteiger partial charge on any atom is -0.495 e. The molecule has 1 aliphatic carbocycles. The number of nitrogens with zero attached hydrogens (tertiary/aromatic N) is 1. The second-order valence-electron chi connectivity index (χ2n) is 7.05. The molecule has 0 saturated carbocycles. The van der Waals surface area contributed by atoms with Crippen molar-refractivity contribution < 1.29 is 19.1 Å². The molecule has 1 aliphatic heterocycles. The monoisotopic (exact) mass is 460 g/mol. The third-order valence-corrected chi connectivity index (χ3v) is 6.28. The number of benzene rings is 2. The summed E-state index contributed by atoms with van der Waals surface area (Å²) in [6.45, 7) is 0. The van der Waals surface area contributed by atoms with Crippen LogP contribution in [0.15, 0.2) is 40.9 Å². The molecule has 0 amide bonds. The number of nitro groups is 1. The summed E-state index contributed by atoms with van der Waals surface area (Å²) in [6.07, 6.45) is 4.99. The molecule has 29 heavy (non-hydrogen) atoms. The van der Waals surface area contributed by atoms with Gasteiger partial charge in [0.25, 0.3) is 5.69 Å². The minimum atomic E-state index is -0.323. The average Bonchev–Trinajstić information content (AvgIpc) is 3.21. The predicted molar refractivity (Wildman–Crippen MR) is 113 cm³/mol. The zero-order valence-corrected chi connectivity index (χ0v) is 17.9. The maximum atomic E-state index is 11.7. The third kappa shape index (κ3) is 3.11. The number of rotatable bonds is 5. The van der Waals surface area contributed by atoms with E-state index in [1.807, 2.05) is 12.1 Å². The molecule has 152 valence electrons. The fourth-order valence-electron chi connectivity index (χ4n) is 4.44. The number of allylic oxidation sites excluding steroid dienone is 2. The molecule has 0 fully saturated rings. The van der Waals surface area contributed by atoms with Gasteiger partial charge in [-0.05, 0) is 52.0 Å². The highest BCUT2D eigenvalue weighted by Gasteiger charge is 2.43. The number of hydrogen-bond donors (Lipinski definition) is 1. The minimum absolute atomic E-state index is 0.0707. The smallest absolute Gasteiger partial charge is 0.275 e. The first-order valence-corrected chi connectivity index (χ1v) is 9.99. The number of ether oxygens (including phenoxy) is 3. The molecule has 0 unspecified atom stereocenters. The Morgan fingerprint density at radius 3 is 2.55 bits per heavy atom. The molecule has 1 heterocycles. The fraction of sp³-hybridized carbons (Fsp3) is 0.333. The molecular weight excluding hydrogens is 440 g/mol. The van der Waals surface area contributed by atoms with E-state index in [1.165, 1.54) is 6.07 Å². The second-order valence-corrected chi connectivity index (χ2v) is 7.90. The highest BCUT2D eigenvalue weighted by Crippen LogP contribution is 2.55. The number of anilines is 1. The topological polar surface area (TPSA) is 82.9 Å². The fourth-order valence-corrected chi connectivity index (χ4v) is 5.06. The second kappa shape index (κ2) is 7.59. The van der Waals surface area contributed by atoms with Crippen LogP contribution >= 0.6 is 15.9 Å². The summed E-state index contributed by atoms with van der Waals surface area (Å²) in [6, 6.07) is 7.05. The molecule has 2 aromatic rings. The van der Waals surface area contributed by atoms with Crippen LogP contribution in [0.4, 0.5) is 11.4 Å². The highest BCUT2D eigenvalue weighted by atomic mass is 79.9. The van der Waals surface area contributed by atoms with Gasteiger partial charge in [-0.15, -0.1) is 0 Å². The molecule has 2 aromatic carbocycles. The number of nitro benzene ring substituents is 1. The number of hydrogen-bond acceptors (Lipinski definition) is 6. The highest BCUT2D eigenvalue weighted by molar-refractivity contribution is 9.10. The molecule has 4 rings (SSSR count). The van der Waals surface area contributed by atoms with E-state index in [0.717, 1.165) is 16.5 Å². The normalized spacial score (nSPS) is 21.7. The lowest BCUT2D eigenvalue weighted by Gasteiger charge is -2.38. The van der Waals surface area contributed by atoms with Crippen molar-refractivity contribution in [2.75, 3.05) is 26.6 Å². The first kappa shape index (κ1) is 19.6. The Hall–Kier alpha value is -2.74. The quantitative estimate of drug-likeness (QED) is 0.374. The molecule has 7 nitrogen and oxygen atoms in total. The van der Waals surface area contributed by atoms with Crippen LogP contribution in [0.2, 0.25) is 0 Å². The lowest BCUT2D eigenvalue weighted by Crippen LogP contribution is -2.30. The molecule has 0 aromatic heterocycles. The number of methoxy groups -OCH3 is 3. The maximum absolute atomic E-state index is 11.7. The van der Waals surface area contributed by atoms with Crippen LogP contribution in [-0.2, 0) is 0 Å². The predicted octanol–water partition coefficient (Wildman–Crippen LogP) is 5.21. The van der Waals surface area contributed by atoms with Gasteiger partial charge in [-0.3, -0.25) is 10.1 Å². The molecule has 8 heteroatoms. The van der Waals surface area contributed by atoms with Crippen molar-refractivity contribution in [2.24, 2.45) is 5.92 Å². The van der Waals surface area contributed by atoms with Crippen LogP contribution in [0.1, 0.15) is 29.5 Å². The van der Waals surface area contributed by atoms with E-state index in [9.17, 15) is 10.1 Å². The van der Waals surface area contributed by atoms with Crippen LogP contribution < -0.4 is 19.5 Å². The Bertz CT molecular complexity index is 1010. The maximum Gasteiger partial charge on any atom is 0.275 e. The van der Waals surface area contributed by atoms with Gasteiger partial charge in [0.05, 0.1) is 48.0 Å². The Morgan fingerprint density at radius 2 is 1.90 bits per heavy atom. The van der Waals surface area contributed by atoms with Gasteiger partial charge in [0, 0.05) is 12.0 Å². The average molecular weight is 461 g/mol. The summed E-state index contributed by atoms with van der Waals surface area (Å²) in [5.74, 6) is 1.91. The molecular formula is C21H21BrN2O5. The largest absolute Gasteiger partial charge is 0.495 e. The van der Waals surface area contributed by atoms with Crippen molar-refractivity contribution >= 4 is 27.3 Å². The van der Waals surface area contributed by atoms with Crippen LogP contribution in [-0.4, -0.2) is 26.3 Å². The standard InChI is InChI=1S/C21H21BrN2O5/c1-27-16-8-7-15(24(25)26)18-12-5-4-6-13(12)19(23-20(16)18)11-9-14(22)21(29-3)17(10-11)28-2/h4-5,7-10,12-13,19,23H,6H2,1-3H3/t12-,13+,19+/m1/s1. The van der Waals surface area contributed by atoms with E-state index in [0.29, 0.717) is 28.5 Å². The van der Waals surface area contributed by atoms with Crippen LogP contribution in [0.3, 0.4) is 0 Å². The van der Waals surface area contributed by atoms with Gasteiger partial charge >= 0.3 is 0 Å².